The third-order valence-electron chi connectivity index (χ3n) is 6.02. The zero-order valence-corrected chi connectivity index (χ0v) is 13.9. The largest absolute Gasteiger partial charge is 0.348 e. The number of hydrogen-bond acceptors (Lipinski definition) is 2. The molecule has 2 aliphatic carbocycles. The molecule has 130 valence electrons. The highest BCUT2D eigenvalue weighted by atomic mass is 19.2. The zero-order valence-electron chi connectivity index (χ0n) is 13.9. The molecule has 24 heavy (non-hydrogen) atoms. The van der Waals surface area contributed by atoms with Crippen LogP contribution in [0.3, 0.4) is 0 Å². The van der Waals surface area contributed by atoms with E-state index in [1.807, 2.05) is 0 Å². The van der Waals surface area contributed by atoms with Gasteiger partial charge in [0.15, 0.2) is 17.4 Å². The fourth-order valence-corrected chi connectivity index (χ4v) is 4.62. The predicted octanol–water partition coefficient (Wildman–Crippen LogP) is 5.08. The lowest BCUT2D eigenvalue weighted by atomic mass is 9.72. The summed E-state index contributed by atoms with van der Waals surface area (Å²) in [7, 11) is 0. The van der Waals surface area contributed by atoms with Crippen LogP contribution in [0.2, 0.25) is 0 Å². The minimum atomic E-state index is -0.760. The molecule has 4 heteroatoms. The van der Waals surface area contributed by atoms with Crippen molar-refractivity contribution in [3.63, 3.8) is 0 Å². The van der Waals surface area contributed by atoms with Gasteiger partial charge in [-0.1, -0.05) is 18.2 Å². The van der Waals surface area contributed by atoms with Gasteiger partial charge in [-0.25, -0.2) is 8.78 Å². The summed E-state index contributed by atoms with van der Waals surface area (Å²) >= 11 is 0. The Kier molecular flexibility index (Phi) is 4.44. The van der Waals surface area contributed by atoms with Crippen LogP contribution in [0.1, 0.15) is 50.5 Å². The van der Waals surface area contributed by atoms with Crippen LogP contribution in [0.4, 0.5) is 8.78 Å². The molecule has 1 saturated carbocycles. The molecule has 3 aliphatic rings. The molecule has 0 N–H and O–H groups in total. The number of rotatable bonds is 2. The van der Waals surface area contributed by atoms with Crippen molar-refractivity contribution in [1.29, 1.82) is 0 Å². The lowest BCUT2D eigenvalue weighted by Crippen LogP contribution is -2.37. The summed E-state index contributed by atoms with van der Waals surface area (Å²) in [6.07, 6.45) is 9.24. The maximum absolute atomic E-state index is 14.0. The van der Waals surface area contributed by atoms with Crippen molar-refractivity contribution in [2.45, 2.75) is 50.7 Å². The molecule has 1 heterocycles. The molecule has 1 atom stereocenters. The van der Waals surface area contributed by atoms with Crippen LogP contribution in [0.25, 0.3) is 5.57 Å². The molecule has 4 rings (SSSR count). The number of halogens is 2. The minimum absolute atomic E-state index is 0.295. The average Bonchev–Trinajstić information content (AvgIpc) is 3.06. The molecular formula is C20H24F2O2. The van der Waals surface area contributed by atoms with E-state index in [1.54, 1.807) is 12.1 Å². The van der Waals surface area contributed by atoms with Crippen molar-refractivity contribution in [2.24, 2.45) is 11.8 Å². The molecule has 1 unspecified atom stereocenters. The van der Waals surface area contributed by atoms with Gasteiger partial charge in [-0.2, -0.15) is 0 Å². The first-order valence-corrected chi connectivity index (χ1v) is 9.08. The number of allylic oxidation sites excluding steroid dienone is 2. The average molecular weight is 334 g/mol. The Morgan fingerprint density at radius 1 is 0.958 bits per heavy atom. The first-order chi connectivity index (χ1) is 11.7. The van der Waals surface area contributed by atoms with Gasteiger partial charge in [-0.15, -0.1) is 0 Å². The van der Waals surface area contributed by atoms with Gasteiger partial charge in [0.1, 0.15) is 0 Å². The SMILES string of the molecule is Fc1cccc(C2=CCC(C3CCC4(CC3)OCCO4)CC2)c1F. The maximum Gasteiger partial charge on any atom is 0.168 e. The third kappa shape index (κ3) is 3.02. The van der Waals surface area contributed by atoms with Gasteiger partial charge in [0.2, 0.25) is 0 Å². The van der Waals surface area contributed by atoms with Gasteiger partial charge in [-0.05, 0) is 55.6 Å². The summed E-state index contributed by atoms with van der Waals surface area (Å²) in [5, 5.41) is 0. The Morgan fingerprint density at radius 2 is 1.71 bits per heavy atom. The zero-order chi connectivity index (χ0) is 16.6. The maximum atomic E-state index is 14.0. The lowest BCUT2D eigenvalue weighted by Gasteiger charge is -2.39. The van der Waals surface area contributed by atoms with Gasteiger partial charge in [0.05, 0.1) is 13.2 Å². The van der Waals surface area contributed by atoms with E-state index in [2.05, 4.69) is 6.08 Å². The number of benzene rings is 1. The second-order valence-corrected chi connectivity index (χ2v) is 7.31. The molecule has 1 saturated heterocycles. The summed E-state index contributed by atoms with van der Waals surface area (Å²) in [6, 6.07) is 4.45. The first kappa shape index (κ1) is 16.2. The minimum Gasteiger partial charge on any atom is -0.348 e. The molecule has 1 aliphatic heterocycles. The van der Waals surface area contributed by atoms with Gasteiger partial charge in [-0.3, -0.25) is 0 Å². The van der Waals surface area contributed by atoms with E-state index >= 15 is 0 Å². The fraction of sp³-hybridized carbons (Fsp3) is 0.600. The highest BCUT2D eigenvalue weighted by Gasteiger charge is 2.41. The molecule has 2 nitrogen and oxygen atoms in total. The van der Waals surface area contributed by atoms with E-state index in [-0.39, 0.29) is 5.79 Å². The van der Waals surface area contributed by atoms with Crippen molar-refractivity contribution in [3.8, 4) is 0 Å². The van der Waals surface area contributed by atoms with Crippen molar-refractivity contribution in [2.75, 3.05) is 13.2 Å². The Hall–Kier alpha value is -1.26. The predicted molar refractivity (Wildman–Crippen MR) is 88.3 cm³/mol. The highest BCUT2D eigenvalue weighted by Crippen LogP contribution is 2.45. The molecule has 0 bridgehead atoms. The van der Waals surface area contributed by atoms with Crippen LogP contribution >= 0.6 is 0 Å². The van der Waals surface area contributed by atoms with Crippen molar-refractivity contribution in [3.05, 3.63) is 41.5 Å². The molecule has 1 spiro atoms. The van der Waals surface area contributed by atoms with E-state index in [0.717, 1.165) is 63.7 Å². The summed E-state index contributed by atoms with van der Waals surface area (Å²) in [5.41, 5.74) is 1.39. The second-order valence-electron chi connectivity index (χ2n) is 7.31. The first-order valence-electron chi connectivity index (χ1n) is 9.08. The fourth-order valence-electron chi connectivity index (χ4n) is 4.62. The van der Waals surface area contributed by atoms with E-state index < -0.39 is 11.6 Å². The summed E-state index contributed by atoms with van der Waals surface area (Å²) in [5.74, 6) is -0.429. The van der Waals surface area contributed by atoms with E-state index in [9.17, 15) is 8.78 Å². The Bertz CT molecular complexity index is 625. The molecule has 1 aromatic carbocycles. The summed E-state index contributed by atoms with van der Waals surface area (Å²) in [6.45, 7) is 1.44. The van der Waals surface area contributed by atoms with Crippen LogP contribution in [0.15, 0.2) is 24.3 Å². The smallest absolute Gasteiger partial charge is 0.168 e. The van der Waals surface area contributed by atoms with Crippen LogP contribution in [0, 0.1) is 23.5 Å². The van der Waals surface area contributed by atoms with E-state index in [4.69, 9.17) is 9.47 Å². The second kappa shape index (κ2) is 6.57. The Morgan fingerprint density at radius 3 is 2.38 bits per heavy atom. The molecule has 0 aromatic heterocycles. The van der Waals surface area contributed by atoms with Crippen LogP contribution < -0.4 is 0 Å². The third-order valence-corrected chi connectivity index (χ3v) is 6.02. The van der Waals surface area contributed by atoms with Crippen LogP contribution in [-0.2, 0) is 9.47 Å². The monoisotopic (exact) mass is 334 g/mol. The number of ether oxygens (including phenoxy) is 2. The quantitative estimate of drug-likeness (QED) is 0.751. The molecule has 1 aromatic rings. The molecule has 0 radical (unpaired) electrons. The van der Waals surface area contributed by atoms with Crippen molar-refractivity contribution < 1.29 is 18.3 Å². The highest BCUT2D eigenvalue weighted by molar-refractivity contribution is 5.66. The van der Waals surface area contributed by atoms with Gasteiger partial charge >= 0.3 is 0 Å². The standard InChI is InChI=1S/C20H24F2O2/c21-18-3-1-2-17(19(18)22)16-6-4-14(5-7-16)15-8-10-20(11-9-15)23-12-13-24-20/h1-3,6,14-15H,4-5,7-13H2. The van der Waals surface area contributed by atoms with E-state index in [1.165, 1.54) is 6.07 Å². The molecular weight excluding hydrogens is 310 g/mol. The topological polar surface area (TPSA) is 18.5 Å². The van der Waals surface area contributed by atoms with Gasteiger partial charge < -0.3 is 9.47 Å². The summed E-state index contributed by atoms with van der Waals surface area (Å²) < 4.78 is 39.0. The molecule has 2 fully saturated rings. The van der Waals surface area contributed by atoms with Crippen LogP contribution in [-0.4, -0.2) is 19.0 Å². The summed E-state index contributed by atoms with van der Waals surface area (Å²) in [4.78, 5) is 0. The van der Waals surface area contributed by atoms with Crippen molar-refractivity contribution in [1.82, 2.24) is 0 Å². The van der Waals surface area contributed by atoms with Crippen LogP contribution in [0.5, 0.6) is 0 Å². The number of hydrogen-bond donors (Lipinski definition) is 0. The van der Waals surface area contributed by atoms with Gasteiger partial charge in [0.25, 0.3) is 0 Å². The lowest BCUT2D eigenvalue weighted by molar-refractivity contribution is -0.184. The normalized spacial score (nSPS) is 27.4. The molecule has 0 amide bonds. The van der Waals surface area contributed by atoms with E-state index in [0.29, 0.717) is 17.4 Å². The van der Waals surface area contributed by atoms with Gasteiger partial charge in [0, 0.05) is 18.4 Å². The Balaban J connectivity index is 1.39. The van der Waals surface area contributed by atoms with Crippen molar-refractivity contribution >= 4 is 5.57 Å². The Labute approximate surface area is 141 Å².